The van der Waals surface area contributed by atoms with E-state index in [0.29, 0.717) is 17.2 Å². The first-order valence-corrected chi connectivity index (χ1v) is 9.92. The molecule has 1 unspecified atom stereocenters. The predicted octanol–water partition coefficient (Wildman–Crippen LogP) is 4.70. The highest BCUT2D eigenvalue weighted by molar-refractivity contribution is 7.99. The van der Waals surface area contributed by atoms with Crippen LogP contribution >= 0.6 is 11.8 Å². The van der Waals surface area contributed by atoms with Crippen molar-refractivity contribution in [2.24, 2.45) is 7.05 Å². The Balaban J connectivity index is 1.50. The van der Waals surface area contributed by atoms with Crippen LogP contribution in [0.2, 0.25) is 0 Å². The van der Waals surface area contributed by atoms with E-state index < -0.39 is 0 Å². The molecule has 0 saturated heterocycles. The number of carbonyl (C=O) groups excluding carboxylic acids is 1. The molecule has 0 spiro atoms. The van der Waals surface area contributed by atoms with Gasteiger partial charge >= 0.3 is 0 Å². The molecule has 6 nitrogen and oxygen atoms in total. The highest BCUT2D eigenvalue weighted by atomic mass is 32.2. The molecule has 140 valence electrons. The summed E-state index contributed by atoms with van der Waals surface area (Å²) in [5.41, 5.74) is 3.12. The molecule has 1 saturated carbocycles. The summed E-state index contributed by atoms with van der Waals surface area (Å²) in [7, 11) is 1.98. The van der Waals surface area contributed by atoms with Gasteiger partial charge in [-0.15, -0.1) is 0 Å². The maximum atomic E-state index is 12.8. The summed E-state index contributed by atoms with van der Waals surface area (Å²) in [6, 6.07) is 7.94. The number of hydrogen-bond acceptors (Lipinski definition) is 5. The summed E-state index contributed by atoms with van der Waals surface area (Å²) in [5.74, 6) is 0.907. The predicted molar refractivity (Wildman–Crippen MR) is 105 cm³/mol. The number of benzene rings is 1. The van der Waals surface area contributed by atoms with Crippen molar-refractivity contribution in [2.45, 2.75) is 43.0 Å². The maximum Gasteiger partial charge on any atom is 0.261 e. The third kappa shape index (κ3) is 3.78. The lowest BCUT2D eigenvalue weighted by molar-refractivity contribution is 0.102. The standard InChI is InChI=1S/C20H22N4O2S/c1-12-17(18(26-23-12)14-7-8-14)19(25)22-16-6-4-5-15(11-16)13(2)27-20-21-9-10-24(20)3/h4-6,9-11,13-14H,7-8H2,1-3H3,(H,22,25). The lowest BCUT2D eigenvalue weighted by atomic mass is 10.1. The fourth-order valence-corrected chi connectivity index (χ4v) is 3.99. The Morgan fingerprint density at radius 2 is 2.22 bits per heavy atom. The second-order valence-corrected chi connectivity index (χ2v) is 8.25. The van der Waals surface area contributed by atoms with E-state index in [0.717, 1.165) is 35.0 Å². The van der Waals surface area contributed by atoms with E-state index in [1.54, 1.807) is 18.0 Å². The van der Waals surface area contributed by atoms with E-state index in [-0.39, 0.29) is 11.2 Å². The summed E-state index contributed by atoms with van der Waals surface area (Å²) < 4.78 is 7.39. The number of rotatable bonds is 6. The average Bonchev–Trinajstić information content (AvgIpc) is 3.31. The number of anilines is 1. The van der Waals surface area contributed by atoms with Gasteiger partial charge in [0.1, 0.15) is 5.56 Å². The van der Waals surface area contributed by atoms with E-state index in [4.69, 9.17) is 4.52 Å². The van der Waals surface area contributed by atoms with Crippen LogP contribution in [0.4, 0.5) is 5.69 Å². The molecule has 1 N–H and O–H groups in total. The fourth-order valence-electron chi connectivity index (χ4n) is 3.04. The van der Waals surface area contributed by atoms with E-state index in [1.165, 1.54) is 0 Å². The average molecular weight is 382 g/mol. The second kappa shape index (κ2) is 7.23. The number of amides is 1. The Labute approximate surface area is 162 Å². The zero-order valence-corrected chi connectivity index (χ0v) is 16.4. The van der Waals surface area contributed by atoms with Crippen LogP contribution in [0.1, 0.15) is 58.3 Å². The number of carbonyl (C=O) groups is 1. The first-order valence-electron chi connectivity index (χ1n) is 9.04. The number of aryl methyl sites for hydroxylation is 2. The minimum absolute atomic E-state index is 0.155. The van der Waals surface area contributed by atoms with Crippen molar-refractivity contribution in [3.63, 3.8) is 0 Å². The first kappa shape index (κ1) is 17.9. The van der Waals surface area contributed by atoms with Crippen molar-refractivity contribution in [1.29, 1.82) is 0 Å². The largest absolute Gasteiger partial charge is 0.360 e. The maximum absolute atomic E-state index is 12.8. The monoisotopic (exact) mass is 382 g/mol. The molecule has 3 aromatic rings. The molecule has 2 aromatic heterocycles. The van der Waals surface area contributed by atoms with E-state index in [9.17, 15) is 4.79 Å². The van der Waals surface area contributed by atoms with Crippen molar-refractivity contribution in [3.05, 3.63) is 59.2 Å². The summed E-state index contributed by atoms with van der Waals surface area (Å²) in [4.78, 5) is 17.2. The molecule has 0 aliphatic heterocycles. The Morgan fingerprint density at radius 3 is 2.93 bits per heavy atom. The van der Waals surface area contributed by atoms with Gasteiger partial charge in [0.05, 0.1) is 5.69 Å². The van der Waals surface area contributed by atoms with Gasteiger partial charge in [-0.1, -0.05) is 29.1 Å². The van der Waals surface area contributed by atoms with Crippen LogP contribution in [0, 0.1) is 6.92 Å². The van der Waals surface area contributed by atoms with E-state index in [1.807, 2.05) is 42.9 Å². The van der Waals surface area contributed by atoms with Gasteiger partial charge in [-0.3, -0.25) is 4.79 Å². The minimum Gasteiger partial charge on any atom is -0.360 e. The lowest BCUT2D eigenvalue weighted by Gasteiger charge is -2.13. The summed E-state index contributed by atoms with van der Waals surface area (Å²) in [6.07, 6.45) is 5.85. The summed E-state index contributed by atoms with van der Waals surface area (Å²) in [5, 5.41) is 8.17. The molecule has 27 heavy (non-hydrogen) atoms. The normalized spacial score (nSPS) is 14.9. The van der Waals surface area contributed by atoms with Gasteiger partial charge in [-0.05, 0) is 44.4 Å². The quantitative estimate of drug-likeness (QED) is 0.626. The molecule has 7 heteroatoms. The van der Waals surface area contributed by atoms with Crippen LogP contribution in [0.15, 0.2) is 46.3 Å². The smallest absolute Gasteiger partial charge is 0.261 e. The number of imidazole rings is 1. The lowest BCUT2D eigenvalue weighted by Crippen LogP contribution is -2.14. The molecule has 1 aromatic carbocycles. The van der Waals surface area contributed by atoms with Gasteiger partial charge in [0.2, 0.25) is 0 Å². The van der Waals surface area contributed by atoms with Gasteiger partial charge in [0, 0.05) is 36.3 Å². The van der Waals surface area contributed by atoms with Crippen LogP contribution in [0.25, 0.3) is 0 Å². The van der Waals surface area contributed by atoms with Crippen LogP contribution in [-0.2, 0) is 7.05 Å². The molecule has 1 atom stereocenters. The Morgan fingerprint density at radius 1 is 1.41 bits per heavy atom. The van der Waals surface area contributed by atoms with Crippen molar-refractivity contribution in [3.8, 4) is 0 Å². The van der Waals surface area contributed by atoms with Crippen molar-refractivity contribution < 1.29 is 9.32 Å². The minimum atomic E-state index is -0.155. The van der Waals surface area contributed by atoms with Gasteiger partial charge < -0.3 is 14.4 Å². The number of aromatic nitrogens is 3. The van der Waals surface area contributed by atoms with Gasteiger partial charge in [0.25, 0.3) is 5.91 Å². The molecule has 4 rings (SSSR count). The van der Waals surface area contributed by atoms with Crippen LogP contribution < -0.4 is 5.32 Å². The molecule has 2 heterocycles. The summed E-state index contributed by atoms with van der Waals surface area (Å²) >= 11 is 1.69. The molecule has 1 aliphatic rings. The number of hydrogen-bond donors (Lipinski definition) is 1. The first-order chi connectivity index (χ1) is 13.0. The van der Waals surface area contributed by atoms with Gasteiger partial charge in [-0.25, -0.2) is 4.98 Å². The Kier molecular flexibility index (Phi) is 4.78. The number of nitrogens with one attached hydrogen (secondary N) is 1. The van der Waals surface area contributed by atoms with Crippen LogP contribution in [0.3, 0.4) is 0 Å². The van der Waals surface area contributed by atoms with Crippen LogP contribution in [-0.4, -0.2) is 20.6 Å². The van der Waals surface area contributed by atoms with Gasteiger partial charge in [0.15, 0.2) is 10.9 Å². The molecule has 1 aliphatic carbocycles. The second-order valence-electron chi connectivity index (χ2n) is 6.94. The SMILES string of the molecule is Cc1noc(C2CC2)c1C(=O)Nc1cccc(C(C)Sc2nccn2C)c1. The van der Waals surface area contributed by atoms with E-state index >= 15 is 0 Å². The molecular weight excluding hydrogens is 360 g/mol. The molecule has 0 bridgehead atoms. The highest BCUT2D eigenvalue weighted by Gasteiger charge is 2.34. The molecule has 0 radical (unpaired) electrons. The Hall–Kier alpha value is -2.54. The molecular formula is C20H22N4O2S. The van der Waals surface area contributed by atoms with Crippen molar-refractivity contribution in [2.75, 3.05) is 5.32 Å². The summed E-state index contributed by atoms with van der Waals surface area (Å²) in [6.45, 7) is 3.95. The highest BCUT2D eigenvalue weighted by Crippen LogP contribution is 2.42. The Bertz CT molecular complexity index is 974. The zero-order chi connectivity index (χ0) is 19.0. The van der Waals surface area contributed by atoms with Crippen molar-refractivity contribution >= 4 is 23.4 Å². The molecule has 1 amide bonds. The zero-order valence-electron chi connectivity index (χ0n) is 15.6. The fraction of sp³-hybridized carbons (Fsp3) is 0.350. The number of thioether (sulfide) groups is 1. The van der Waals surface area contributed by atoms with Crippen LogP contribution in [0.5, 0.6) is 0 Å². The van der Waals surface area contributed by atoms with E-state index in [2.05, 4.69) is 28.4 Å². The van der Waals surface area contributed by atoms with Gasteiger partial charge in [-0.2, -0.15) is 0 Å². The van der Waals surface area contributed by atoms with Crippen molar-refractivity contribution in [1.82, 2.24) is 14.7 Å². The third-order valence-electron chi connectivity index (χ3n) is 4.74. The molecule has 1 fully saturated rings. The third-order valence-corrected chi connectivity index (χ3v) is 5.97. The number of nitrogens with zero attached hydrogens (tertiary/aromatic N) is 3. The topological polar surface area (TPSA) is 73.0 Å².